The van der Waals surface area contributed by atoms with Crippen molar-refractivity contribution >= 4 is 61.0 Å². The van der Waals surface area contributed by atoms with Gasteiger partial charge in [0.15, 0.2) is 11.7 Å². The molecule has 0 aliphatic heterocycles. The lowest BCUT2D eigenvalue weighted by Crippen LogP contribution is -2.49. The maximum absolute atomic E-state index is 12.4. The van der Waals surface area contributed by atoms with E-state index in [1.54, 1.807) is 42.5 Å². The Morgan fingerprint density at radius 1 is 1.06 bits per heavy atom. The molecule has 0 saturated heterocycles. The maximum atomic E-state index is 12.4. The van der Waals surface area contributed by atoms with E-state index in [0.717, 1.165) is 10.9 Å². The number of ether oxygens (including phenoxy) is 2. The topological polar surface area (TPSA) is 88.7 Å². The summed E-state index contributed by atoms with van der Waals surface area (Å²) in [5, 5.41) is 2.45. The minimum atomic E-state index is -0.466. The summed E-state index contributed by atoms with van der Waals surface area (Å²) >= 11 is 11.7. The van der Waals surface area contributed by atoms with E-state index < -0.39 is 11.8 Å². The zero-order valence-corrected chi connectivity index (χ0v) is 21.0. The number of nitrogens with one attached hydrogen (secondary N) is 3. The Bertz CT molecular complexity index is 941. The molecule has 31 heavy (non-hydrogen) atoms. The highest BCUT2D eigenvalue weighted by molar-refractivity contribution is 9.11. The quantitative estimate of drug-likeness (QED) is 0.322. The summed E-state index contributed by atoms with van der Waals surface area (Å²) in [5.41, 5.74) is 5.23. The normalized spacial score (nSPS) is 10.4. The predicted octanol–water partition coefficient (Wildman–Crippen LogP) is 4.35. The van der Waals surface area contributed by atoms with Gasteiger partial charge in [-0.1, -0.05) is 35.8 Å². The van der Waals surface area contributed by atoms with Gasteiger partial charge < -0.3 is 9.47 Å². The second-order valence-electron chi connectivity index (χ2n) is 6.88. The third-order valence-electron chi connectivity index (χ3n) is 3.86. The fraction of sp³-hybridized carbons (Fsp3) is 0.286. The molecule has 0 unspecified atom stereocenters. The summed E-state index contributed by atoms with van der Waals surface area (Å²) in [6.07, 6.45) is 0.923. The number of carbonyl (C=O) groups excluding carboxylic acids is 2. The van der Waals surface area contributed by atoms with Crippen LogP contribution in [-0.2, 0) is 4.79 Å². The number of thiocarbonyl (C=S) groups is 1. The minimum absolute atomic E-state index is 0.0469. The second kappa shape index (κ2) is 12.6. The lowest BCUT2D eigenvalue weighted by molar-refractivity contribution is -0.123. The van der Waals surface area contributed by atoms with Crippen LogP contribution in [0.5, 0.6) is 11.5 Å². The molecular formula is C21H23Br2N3O4S. The Labute approximate surface area is 203 Å². The van der Waals surface area contributed by atoms with Crippen molar-refractivity contribution in [1.29, 1.82) is 0 Å². The van der Waals surface area contributed by atoms with Gasteiger partial charge in [0.25, 0.3) is 11.8 Å². The van der Waals surface area contributed by atoms with Crippen molar-refractivity contribution in [3.05, 3.63) is 57.0 Å². The van der Waals surface area contributed by atoms with E-state index in [2.05, 4.69) is 61.9 Å². The van der Waals surface area contributed by atoms with Gasteiger partial charge in [-0.2, -0.15) is 0 Å². The number of hydrazine groups is 1. The van der Waals surface area contributed by atoms with Gasteiger partial charge in [-0.25, -0.2) is 0 Å². The van der Waals surface area contributed by atoms with Crippen LogP contribution < -0.4 is 25.6 Å². The van der Waals surface area contributed by atoms with Gasteiger partial charge in [0.05, 0.1) is 11.1 Å². The lowest BCUT2D eigenvalue weighted by Gasteiger charge is -2.13. The highest BCUT2D eigenvalue weighted by Crippen LogP contribution is 2.28. The number of benzene rings is 2. The molecular weight excluding hydrogens is 550 g/mol. The molecule has 2 amide bonds. The van der Waals surface area contributed by atoms with E-state index >= 15 is 0 Å². The van der Waals surface area contributed by atoms with Crippen LogP contribution in [0.3, 0.4) is 0 Å². The second-order valence-corrected chi connectivity index (χ2v) is 9.06. The molecule has 2 aromatic rings. The van der Waals surface area contributed by atoms with E-state index in [0.29, 0.717) is 34.1 Å². The van der Waals surface area contributed by atoms with Crippen LogP contribution in [0.1, 0.15) is 30.6 Å². The largest absolute Gasteiger partial charge is 0.494 e. The van der Waals surface area contributed by atoms with E-state index in [1.807, 2.05) is 0 Å². The van der Waals surface area contributed by atoms with E-state index in [1.165, 1.54) is 0 Å². The van der Waals surface area contributed by atoms with Crippen molar-refractivity contribution in [3.8, 4) is 11.5 Å². The minimum Gasteiger partial charge on any atom is -0.494 e. The molecule has 0 spiro atoms. The number of rotatable bonds is 8. The van der Waals surface area contributed by atoms with Gasteiger partial charge in [-0.05, 0) is 76.9 Å². The SMILES string of the molecule is CC(C)CCOc1cccc(C(=O)NC(=S)NNC(=O)COc2ccc(Br)cc2Br)c1. The monoisotopic (exact) mass is 571 g/mol. The molecule has 2 aromatic carbocycles. The predicted molar refractivity (Wildman–Crippen MR) is 130 cm³/mol. The molecule has 2 rings (SSSR count). The zero-order valence-electron chi connectivity index (χ0n) is 17.0. The standard InChI is InChI=1S/C21H23Br2N3O4S/c1-13(2)8-9-29-16-5-3-4-14(10-16)20(28)24-21(31)26-25-19(27)12-30-18-7-6-15(22)11-17(18)23/h3-7,10-11,13H,8-9,12H2,1-2H3,(H,25,27)(H2,24,26,28,31). The molecule has 0 aromatic heterocycles. The fourth-order valence-electron chi connectivity index (χ4n) is 2.24. The van der Waals surface area contributed by atoms with Gasteiger partial charge in [0, 0.05) is 10.0 Å². The van der Waals surface area contributed by atoms with Crippen molar-refractivity contribution < 1.29 is 19.1 Å². The summed E-state index contributed by atoms with van der Waals surface area (Å²) in [6, 6.07) is 12.1. The van der Waals surface area contributed by atoms with E-state index in [9.17, 15) is 9.59 Å². The van der Waals surface area contributed by atoms with E-state index in [-0.39, 0.29) is 11.7 Å². The van der Waals surface area contributed by atoms with Gasteiger partial charge in [-0.3, -0.25) is 25.8 Å². The number of amides is 2. The van der Waals surface area contributed by atoms with Crippen molar-refractivity contribution in [2.45, 2.75) is 20.3 Å². The fourth-order valence-corrected chi connectivity index (χ4v) is 3.55. The van der Waals surface area contributed by atoms with Crippen LogP contribution in [0.25, 0.3) is 0 Å². The van der Waals surface area contributed by atoms with Crippen molar-refractivity contribution in [3.63, 3.8) is 0 Å². The summed E-state index contributed by atoms with van der Waals surface area (Å²) in [6.45, 7) is 4.57. The van der Waals surface area contributed by atoms with Crippen LogP contribution in [0, 0.1) is 5.92 Å². The van der Waals surface area contributed by atoms with Crippen LogP contribution in [0.4, 0.5) is 0 Å². The smallest absolute Gasteiger partial charge is 0.276 e. The molecule has 0 saturated carbocycles. The third-order valence-corrected chi connectivity index (χ3v) is 5.17. The molecule has 0 radical (unpaired) electrons. The van der Waals surface area contributed by atoms with Crippen molar-refractivity contribution in [1.82, 2.24) is 16.2 Å². The van der Waals surface area contributed by atoms with Crippen molar-refractivity contribution in [2.24, 2.45) is 5.92 Å². The first-order valence-electron chi connectivity index (χ1n) is 9.45. The zero-order chi connectivity index (χ0) is 22.8. The lowest BCUT2D eigenvalue weighted by atomic mass is 10.1. The maximum Gasteiger partial charge on any atom is 0.276 e. The highest BCUT2D eigenvalue weighted by atomic mass is 79.9. The molecule has 0 fully saturated rings. The van der Waals surface area contributed by atoms with Gasteiger partial charge >= 0.3 is 0 Å². The molecule has 0 bridgehead atoms. The summed E-state index contributed by atoms with van der Waals surface area (Å²) < 4.78 is 12.7. The molecule has 7 nitrogen and oxygen atoms in total. The molecule has 166 valence electrons. The molecule has 0 aliphatic rings. The number of halogens is 2. The highest BCUT2D eigenvalue weighted by Gasteiger charge is 2.11. The Balaban J connectivity index is 1.76. The first-order chi connectivity index (χ1) is 14.7. The number of carbonyl (C=O) groups is 2. The molecule has 0 aliphatic carbocycles. The Morgan fingerprint density at radius 3 is 2.55 bits per heavy atom. The molecule has 0 atom stereocenters. The summed E-state index contributed by atoms with van der Waals surface area (Å²) in [7, 11) is 0. The van der Waals surface area contributed by atoms with Gasteiger partial charge in [0.1, 0.15) is 11.5 Å². The van der Waals surface area contributed by atoms with Crippen LogP contribution in [0.15, 0.2) is 51.4 Å². The Hall–Kier alpha value is -2.17. The van der Waals surface area contributed by atoms with Crippen LogP contribution in [0.2, 0.25) is 0 Å². The first-order valence-corrected chi connectivity index (χ1v) is 11.4. The average Bonchev–Trinajstić information content (AvgIpc) is 2.71. The van der Waals surface area contributed by atoms with Gasteiger partial charge in [-0.15, -0.1) is 0 Å². The average molecular weight is 573 g/mol. The third kappa shape index (κ3) is 9.24. The van der Waals surface area contributed by atoms with Crippen LogP contribution in [-0.4, -0.2) is 30.1 Å². The summed E-state index contributed by atoms with van der Waals surface area (Å²) in [5.74, 6) is 0.774. The summed E-state index contributed by atoms with van der Waals surface area (Å²) in [4.78, 5) is 24.3. The number of hydrogen-bond donors (Lipinski definition) is 3. The molecule has 0 heterocycles. The van der Waals surface area contributed by atoms with Crippen molar-refractivity contribution in [2.75, 3.05) is 13.2 Å². The van der Waals surface area contributed by atoms with E-state index in [4.69, 9.17) is 21.7 Å². The van der Waals surface area contributed by atoms with Crippen LogP contribution >= 0.6 is 44.1 Å². The molecule has 3 N–H and O–H groups in total. The Morgan fingerprint density at radius 2 is 1.84 bits per heavy atom. The molecule has 10 heteroatoms. The Kier molecular flexibility index (Phi) is 10.2. The first kappa shape index (κ1) is 25.1. The van der Waals surface area contributed by atoms with Gasteiger partial charge in [0.2, 0.25) is 0 Å². The number of hydrogen-bond acceptors (Lipinski definition) is 5.